The Morgan fingerprint density at radius 2 is 2.15 bits per heavy atom. The van der Waals surface area contributed by atoms with Gasteiger partial charge in [-0.15, -0.1) is 12.4 Å². The number of hydrogen-bond acceptors (Lipinski definition) is 3. The molecule has 1 aromatic carbocycles. The van der Waals surface area contributed by atoms with E-state index < -0.39 is 0 Å². The highest BCUT2D eigenvalue weighted by Gasteiger charge is 2.16. The summed E-state index contributed by atoms with van der Waals surface area (Å²) in [6.45, 7) is 7.81. The summed E-state index contributed by atoms with van der Waals surface area (Å²) in [4.78, 5) is 13.9. The third-order valence-corrected chi connectivity index (χ3v) is 3.67. The largest absolute Gasteiger partial charge is 0.491 e. The van der Waals surface area contributed by atoms with Crippen molar-refractivity contribution in [3.63, 3.8) is 0 Å². The molecule has 3 nitrogen and oxygen atoms in total. The lowest BCUT2D eigenvalue weighted by atomic mass is 10.0. The molecule has 1 saturated heterocycles. The maximum Gasteiger partial charge on any atom is 0.163 e. The van der Waals surface area contributed by atoms with Crippen LogP contribution in [-0.2, 0) is 0 Å². The molecule has 0 saturated carbocycles. The van der Waals surface area contributed by atoms with Crippen LogP contribution < -0.4 is 4.74 Å². The number of benzene rings is 1. The van der Waals surface area contributed by atoms with E-state index in [1.54, 1.807) is 6.92 Å². The molecule has 1 atom stereocenters. The van der Waals surface area contributed by atoms with Crippen molar-refractivity contribution >= 4 is 18.2 Å². The molecule has 1 aliphatic rings. The maximum absolute atomic E-state index is 11.5. The highest BCUT2D eigenvalue weighted by atomic mass is 35.5. The summed E-state index contributed by atoms with van der Waals surface area (Å²) in [6, 6.07) is 7.47. The second-order valence-corrected chi connectivity index (χ2v) is 5.45. The van der Waals surface area contributed by atoms with E-state index in [1.807, 2.05) is 24.3 Å². The molecule has 2 rings (SSSR count). The van der Waals surface area contributed by atoms with Gasteiger partial charge in [0.15, 0.2) is 5.78 Å². The van der Waals surface area contributed by atoms with E-state index in [0.29, 0.717) is 17.9 Å². The summed E-state index contributed by atoms with van der Waals surface area (Å²) in [7, 11) is 0. The lowest BCUT2D eigenvalue weighted by Crippen LogP contribution is -2.37. The zero-order valence-corrected chi connectivity index (χ0v) is 13.1. The van der Waals surface area contributed by atoms with E-state index in [2.05, 4.69) is 11.8 Å². The summed E-state index contributed by atoms with van der Waals surface area (Å²) < 4.78 is 5.77. The first-order valence-electron chi connectivity index (χ1n) is 7.12. The number of likely N-dealkylation sites (tertiary alicyclic amines) is 1. The van der Waals surface area contributed by atoms with Crippen molar-refractivity contribution in [2.75, 3.05) is 26.2 Å². The van der Waals surface area contributed by atoms with Gasteiger partial charge in [0.05, 0.1) is 5.56 Å². The van der Waals surface area contributed by atoms with Crippen LogP contribution in [0.4, 0.5) is 0 Å². The van der Waals surface area contributed by atoms with Gasteiger partial charge in [0.25, 0.3) is 0 Å². The summed E-state index contributed by atoms with van der Waals surface area (Å²) >= 11 is 0. The fourth-order valence-corrected chi connectivity index (χ4v) is 2.66. The van der Waals surface area contributed by atoms with Crippen LogP contribution in [0.5, 0.6) is 5.75 Å². The van der Waals surface area contributed by atoms with Crippen molar-refractivity contribution in [3.05, 3.63) is 29.8 Å². The smallest absolute Gasteiger partial charge is 0.163 e. The Bertz CT molecular complexity index is 436. The van der Waals surface area contributed by atoms with Crippen LogP contribution >= 0.6 is 12.4 Å². The van der Waals surface area contributed by atoms with Crippen LogP contribution in [0.2, 0.25) is 0 Å². The quantitative estimate of drug-likeness (QED) is 0.780. The monoisotopic (exact) mass is 297 g/mol. The fourth-order valence-electron chi connectivity index (χ4n) is 2.66. The number of ether oxygens (including phenoxy) is 1. The first-order chi connectivity index (χ1) is 9.16. The lowest BCUT2D eigenvalue weighted by molar-refractivity contribution is 0.101. The van der Waals surface area contributed by atoms with Gasteiger partial charge in [-0.05, 0) is 44.4 Å². The van der Waals surface area contributed by atoms with Crippen LogP contribution in [0.25, 0.3) is 0 Å². The Morgan fingerprint density at radius 1 is 1.40 bits per heavy atom. The van der Waals surface area contributed by atoms with Gasteiger partial charge in [0, 0.05) is 13.1 Å². The molecule has 1 fully saturated rings. The molecule has 0 bridgehead atoms. The summed E-state index contributed by atoms with van der Waals surface area (Å²) in [5.41, 5.74) is 0.675. The summed E-state index contributed by atoms with van der Waals surface area (Å²) in [5.74, 6) is 1.56. The SMILES string of the molecule is CC(=O)c1ccccc1OCCN1CCCC(C)C1.Cl. The molecule has 0 spiro atoms. The Morgan fingerprint density at radius 3 is 2.85 bits per heavy atom. The average Bonchev–Trinajstić information content (AvgIpc) is 2.39. The second kappa shape index (κ2) is 8.28. The minimum atomic E-state index is 0. The topological polar surface area (TPSA) is 29.5 Å². The molecule has 20 heavy (non-hydrogen) atoms. The molecule has 1 unspecified atom stereocenters. The lowest BCUT2D eigenvalue weighted by Gasteiger charge is -2.30. The van der Waals surface area contributed by atoms with Gasteiger partial charge in [0.1, 0.15) is 12.4 Å². The van der Waals surface area contributed by atoms with Gasteiger partial charge < -0.3 is 4.74 Å². The number of carbonyl (C=O) groups excluding carboxylic acids is 1. The molecule has 1 aromatic rings. The molecule has 4 heteroatoms. The molecule has 1 aliphatic heterocycles. The molecule has 1 heterocycles. The van der Waals surface area contributed by atoms with Crippen LogP contribution in [0.1, 0.15) is 37.0 Å². The van der Waals surface area contributed by atoms with Crippen molar-refractivity contribution in [2.24, 2.45) is 5.92 Å². The number of piperidine rings is 1. The van der Waals surface area contributed by atoms with Crippen molar-refractivity contribution in [1.82, 2.24) is 4.90 Å². The summed E-state index contributed by atoms with van der Waals surface area (Å²) in [6.07, 6.45) is 2.62. The molecule has 0 aliphatic carbocycles. The van der Waals surface area contributed by atoms with E-state index in [-0.39, 0.29) is 18.2 Å². The van der Waals surface area contributed by atoms with Crippen LogP contribution in [0.3, 0.4) is 0 Å². The van der Waals surface area contributed by atoms with E-state index in [1.165, 1.54) is 19.4 Å². The average molecular weight is 298 g/mol. The molecule has 0 N–H and O–H groups in total. The van der Waals surface area contributed by atoms with Crippen LogP contribution in [0, 0.1) is 5.92 Å². The minimum absolute atomic E-state index is 0. The predicted octanol–water partition coefficient (Wildman–Crippen LogP) is 3.42. The van der Waals surface area contributed by atoms with Gasteiger partial charge in [-0.3, -0.25) is 9.69 Å². The molecule has 0 amide bonds. The van der Waals surface area contributed by atoms with Crippen molar-refractivity contribution in [2.45, 2.75) is 26.7 Å². The van der Waals surface area contributed by atoms with Gasteiger partial charge in [-0.1, -0.05) is 19.1 Å². The van der Waals surface area contributed by atoms with Crippen LogP contribution in [0.15, 0.2) is 24.3 Å². The first kappa shape index (κ1) is 17.0. The van der Waals surface area contributed by atoms with E-state index in [4.69, 9.17) is 4.74 Å². The third kappa shape index (κ3) is 4.80. The van der Waals surface area contributed by atoms with Gasteiger partial charge in [-0.25, -0.2) is 0 Å². The van der Waals surface area contributed by atoms with Gasteiger partial charge in [0.2, 0.25) is 0 Å². The number of nitrogens with zero attached hydrogens (tertiary/aromatic N) is 1. The summed E-state index contributed by atoms with van der Waals surface area (Å²) in [5, 5.41) is 0. The van der Waals surface area contributed by atoms with Gasteiger partial charge in [-0.2, -0.15) is 0 Å². The third-order valence-electron chi connectivity index (χ3n) is 3.67. The van der Waals surface area contributed by atoms with Crippen LogP contribution in [-0.4, -0.2) is 36.9 Å². The zero-order valence-electron chi connectivity index (χ0n) is 12.3. The second-order valence-electron chi connectivity index (χ2n) is 5.45. The standard InChI is InChI=1S/C16H23NO2.ClH/c1-13-6-5-9-17(12-13)10-11-19-16-8-4-3-7-15(16)14(2)18;/h3-4,7-8,13H,5-6,9-12H2,1-2H3;1H. The molecular weight excluding hydrogens is 274 g/mol. The Kier molecular flexibility index (Phi) is 7.03. The normalized spacial score (nSPS) is 19.2. The molecule has 112 valence electrons. The number of ketones is 1. The molecular formula is C16H24ClNO2. The van der Waals surface area contributed by atoms with E-state index in [9.17, 15) is 4.79 Å². The first-order valence-corrected chi connectivity index (χ1v) is 7.12. The number of rotatable bonds is 5. The fraction of sp³-hybridized carbons (Fsp3) is 0.562. The Balaban J connectivity index is 0.00000200. The van der Waals surface area contributed by atoms with E-state index in [0.717, 1.165) is 19.0 Å². The van der Waals surface area contributed by atoms with Crippen molar-refractivity contribution < 1.29 is 9.53 Å². The highest BCUT2D eigenvalue weighted by Crippen LogP contribution is 2.19. The number of hydrogen-bond donors (Lipinski definition) is 0. The zero-order chi connectivity index (χ0) is 13.7. The highest BCUT2D eigenvalue weighted by molar-refractivity contribution is 5.96. The van der Waals surface area contributed by atoms with Crippen molar-refractivity contribution in [1.29, 1.82) is 0 Å². The predicted molar refractivity (Wildman–Crippen MR) is 84.0 cm³/mol. The number of para-hydroxylation sites is 1. The maximum atomic E-state index is 11.5. The van der Waals surface area contributed by atoms with Crippen molar-refractivity contribution in [3.8, 4) is 5.75 Å². The number of Topliss-reactive ketones (excluding diaryl/α,β-unsaturated/α-hetero) is 1. The number of carbonyl (C=O) groups is 1. The number of halogens is 1. The molecule has 0 radical (unpaired) electrons. The van der Waals surface area contributed by atoms with E-state index >= 15 is 0 Å². The Hall–Kier alpha value is -1.06. The molecule has 0 aromatic heterocycles. The van der Waals surface area contributed by atoms with Gasteiger partial charge >= 0.3 is 0 Å². The minimum Gasteiger partial charge on any atom is -0.491 e. The Labute approximate surface area is 127 Å².